The van der Waals surface area contributed by atoms with E-state index in [0.717, 1.165) is 37.1 Å². The number of amides is 1. The molecule has 2 fully saturated rings. The molecule has 2 heterocycles. The van der Waals surface area contributed by atoms with E-state index in [0.29, 0.717) is 28.9 Å². The number of aromatic nitrogens is 2. The van der Waals surface area contributed by atoms with Gasteiger partial charge in [0.1, 0.15) is 0 Å². The van der Waals surface area contributed by atoms with Gasteiger partial charge in [-0.2, -0.15) is 5.10 Å². The quantitative estimate of drug-likeness (QED) is 0.603. The Morgan fingerprint density at radius 1 is 1.07 bits per heavy atom. The van der Waals surface area contributed by atoms with Crippen LogP contribution in [-0.4, -0.2) is 27.1 Å². The van der Waals surface area contributed by atoms with Crippen LogP contribution in [0.15, 0.2) is 24.3 Å². The lowest BCUT2D eigenvalue weighted by Crippen LogP contribution is -2.39. The third kappa shape index (κ3) is 4.23. The van der Waals surface area contributed by atoms with E-state index in [1.807, 2.05) is 17.0 Å². The van der Waals surface area contributed by atoms with Crippen molar-refractivity contribution >= 4 is 29.1 Å². The molecule has 0 spiro atoms. The molecular weight excluding hydrogens is 393 g/mol. The van der Waals surface area contributed by atoms with Crippen LogP contribution in [-0.2, 0) is 11.2 Å². The standard InChI is InChI=1S/C22H27Cl2N3O/c1-15-11-20(25-27(15)19-5-4-6-19)21-7-2-3-10-26(21)22(28)9-8-16-12-17(23)14-18(24)13-16/h11-14,19,21H,2-10H2,1H3/t21-/m1/s1. The Morgan fingerprint density at radius 3 is 2.50 bits per heavy atom. The van der Waals surface area contributed by atoms with Crippen LogP contribution in [0.25, 0.3) is 0 Å². The predicted octanol–water partition coefficient (Wildman–Crippen LogP) is 5.91. The fourth-order valence-corrected chi connectivity index (χ4v) is 4.93. The second kappa shape index (κ2) is 8.46. The summed E-state index contributed by atoms with van der Waals surface area (Å²) in [6.07, 6.45) is 8.06. The van der Waals surface area contributed by atoms with Crippen molar-refractivity contribution in [3.05, 3.63) is 51.3 Å². The number of rotatable bonds is 5. The van der Waals surface area contributed by atoms with Gasteiger partial charge in [-0.25, -0.2) is 0 Å². The SMILES string of the molecule is Cc1cc([C@H]2CCCCN2C(=O)CCc2cc(Cl)cc(Cl)c2)nn1C1CCC1. The lowest BCUT2D eigenvalue weighted by molar-refractivity contribution is -0.135. The molecule has 4 rings (SSSR count). The van der Waals surface area contributed by atoms with Gasteiger partial charge in [0.05, 0.1) is 17.8 Å². The molecule has 0 radical (unpaired) electrons. The molecule has 6 heteroatoms. The Bertz CT molecular complexity index is 839. The van der Waals surface area contributed by atoms with Crippen LogP contribution in [0, 0.1) is 6.92 Å². The summed E-state index contributed by atoms with van der Waals surface area (Å²) in [5, 5.41) is 6.14. The van der Waals surface area contributed by atoms with Gasteiger partial charge in [-0.05, 0) is 81.7 Å². The van der Waals surface area contributed by atoms with Crippen molar-refractivity contribution in [1.82, 2.24) is 14.7 Å². The number of aryl methyl sites for hydroxylation is 2. The van der Waals surface area contributed by atoms with Crippen molar-refractivity contribution in [2.75, 3.05) is 6.54 Å². The molecule has 1 aliphatic carbocycles. The van der Waals surface area contributed by atoms with Gasteiger partial charge in [0, 0.05) is 28.7 Å². The normalized spacial score (nSPS) is 20.2. The van der Waals surface area contributed by atoms with E-state index >= 15 is 0 Å². The van der Waals surface area contributed by atoms with Gasteiger partial charge in [-0.3, -0.25) is 9.48 Å². The molecule has 1 saturated carbocycles. The number of benzene rings is 1. The third-order valence-corrected chi connectivity index (χ3v) is 6.51. The number of piperidine rings is 1. The summed E-state index contributed by atoms with van der Waals surface area (Å²) in [5.74, 6) is 0.191. The average Bonchev–Trinajstić information content (AvgIpc) is 2.99. The largest absolute Gasteiger partial charge is 0.334 e. The van der Waals surface area contributed by atoms with Crippen LogP contribution in [0.1, 0.15) is 74.0 Å². The fraction of sp³-hybridized carbons (Fsp3) is 0.545. The second-order valence-corrected chi connectivity index (χ2v) is 8.99. The van der Waals surface area contributed by atoms with Crippen LogP contribution in [0.2, 0.25) is 10.0 Å². The highest BCUT2D eigenvalue weighted by atomic mass is 35.5. The van der Waals surface area contributed by atoms with Gasteiger partial charge >= 0.3 is 0 Å². The molecule has 1 aromatic heterocycles. The number of halogens is 2. The number of hydrogen-bond donors (Lipinski definition) is 0. The van der Waals surface area contributed by atoms with Crippen LogP contribution >= 0.6 is 23.2 Å². The molecule has 1 saturated heterocycles. The Labute approximate surface area is 176 Å². The smallest absolute Gasteiger partial charge is 0.223 e. The molecule has 1 amide bonds. The minimum atomic E-state index is 0.101. The maximum atomic E-state index is 13.0. The Kier molecular flexibility index (Phi) is 5.98. The summed E-state index contributed by atoms with van der Waals surface area (Å²) in [6.45, 7) is 2.95. The minimum Gasteiger partial charge on any atom is -0.334 e. The fourth-order valence-electron chi connectivity index (χ4n) is 4.36. The second-order valence-electron chi connectivity index (χ2n) is 8.12. The first-order valence-corrected chi connectivity index (χ1v) is 11.1. The van der Waals surface area contributed by atoms with Crippen molar-refractivity contribution in [2.45, 2.75) is 70.4 Å². The summed E-state index contributed by atoms with van der Waals surface area (Å²) in [4.78, 5) is 15.1. The predicted molar refractivity (Wildman–Crippen MR) is 113 cm³/mol. The zero-order chi connectivity index (χ0) is 19.7. The first-order chi connectivity index (χ1) is 13.5. The van der Waals surface area contributed by atoms with Crippen molar-refractivity contribution in [2.24, 2.45) is 0 Å². The molecule has 0 bridgehead atoms. The number of likely N-dealkylation sites (tertiary alicyclic amines) is 1. The Balaban J connectivity index is 1.46. The molecule has 28 heavy (non-hydrogen) atoms. The molecule has 2 aromatic rings. The first-order valence-electron chi connectivity index (χ1n) is 10.3. The number of carbonyl (C=O) groups is 1. The van der Waals surface area contributed by atoms with Crippen LogP contribution < -0.4 is 0 Å². The lowest BCUT2D eigenvalue weighted by atomic mass is 9.93. The van der Waals surface area contributed by atoms with E-state index in [1.54, 1.807) is 6.07 Å². The molecule has 2 aliphatic rings. The molecule has 4 nitrogen and oxygen atoms in total. The van der Waals surface area contributed by atoms with Gasteiger partial charge < -0.3 is 4.90 Å². The average molecular weight is 420 g/mol. The van der Waals surface area contributed by atoms with E-state index in [1.165, 1.54) is 25.0 Å². The topological polar surface area (TPSA) is 38.1 Å². The zero-order valence-electron chi connectivity index (χ0n) is 16.3. The Hall–Kier alpha value is -1.52. The van der Waals surface area contributed by atoms with E-state index in [9.17, 15) is 4.79 Å². The maximum absolute atomic E-state index is 13.0. The summed E-state index contributed by atoms with van der Waals surface area (Å²) < 4.78 is 2.18. The molecule has 1 aromatic carbocycles. The van der Waals surface area contributed by atoms with Gasteiger partial charge in [-0.1, -0.05) is 23.2 Å². The van der Waals surface area contributed by atoms with E-state index in [2.05, 4.69) is 17.7 Å². The highest BCUT2D eigenvalue weighted by molar-refractivity contribution is 6.34. The van der Waals surface area contributed by atoms with Crippen LogP contribution in [0.5, 0.6) is 0 Å². The molecule has 1 aliphatic heterocycles. The van der Waals surface area contributed by atoms with Crippen LogP contribution in [0.4, 0.5) is 0 Å². The van der Waals surface area contributed by atoms with Gasteiger partial charge in [0.2, 0.25) is 5.91 Å². The first kappa shape index (κ1) is 19.8. The molecular formula is C22H27Cl2N3O. The van der Waals surface area contributed by atoms with Crippen molar-refractivity contribution in [3.63, 3.8) is 0 Å². The van der Waals surface area contributed by atoms with E-state index in [-0.39, 0.29) is 11.9 Å². The highest BCUT2D eigenvalue weighted by Crippen LogP contribution is 2.35. The summed E-state index contributed by atoms with van der Waals surface area (Å²) in [7, 11) is 0. The third-order valence-electron chi connectivity index (χ3n) is 6.08. The van der Waals surface area contributed by atoms with Crippen molar-refractivity contribution < 1.29 is 4.79 Å². The van der Waals surface area contributed by atoms with Gasteiger partial charge in [-0.15, -0.1) is 0 Å². The lowest BCUT2D eigenvalue weighted by Gasteiger charge is -2.35. The van der Waals surface area contributed by atoms with E-state index < -0.39 is 0 Å². The molecule has 0 unspecified atom stereocenters. The molecule has 150 valence electrons. The number of carbonyl (C=O) groups excluding carboxylic acids is 1. The summed E-state index contributed by atoms with van der Waals surface area (Å²) in [6, 6.07) is 8.33. The molecule has 1 atom stereocenters. The number of nitrogens with zero attached hydrogens (tertiary/aromatic N) is 3. The van der Waals surface area contributed by atoms with Crippen molar-refractivity contribution in [3.8, 4) is 0 Å². The zero-order valence-corrected chi connectivity index (χ0v) is 17.8. The highest BCUT2D eigenvalue weighted by Gasteiger charge is 2.31. The molecule has 0 N–H and O–H groups in total. The number of hydrogen-bond acceptors (Lipinski definition) is 2. The van der Waals surface area contributed by atoms with Gasteiger partial charge in [0.25, 0.3) is 0 Å². The maximum Gasteiger partial charge on any atom is 0.223 e. The van der Waals surface area contributed by atoms with Crippen molar-refractivity contribution in [1.29, 1.82) is 0 Å². The van der Waals surface area contributed by atoms with E-state index in [4.69, 9.17) is 28.3 Å². The summed E-state index contributed by atoms with van der Waals surface area (Å²) >= 11 is 12.2. The minimum absolute atomic E-state index is 0.101. The van der Waals surface area contributed by atoms with Crippen LogP contribution in [0.3, 0.4) is 0 Å². The summed E-state index contributed by atoms with van der Waals surface area (Å²) in [5.41, 5.74) is 3.28. The Morgan fingerprint density at radius 2 is 1.82 bits per heavy atom. The monoisotopic (exact) mass is 419 g/mol. The van der Waals surface area contributed by atoms with Gasteiger partial charge in [0.15, 0.2) is 0 Å².